The van der Waals surface area contributed by atoms with Gasteiger partial charge in [-0.05, 0) is 30.4 Å². The van der Waals surface area contributed by atoms with Crippen LogP contribution in [0.4, 0.5) is 4.39 Å². The Morgan fingerprint density at radius 2 is 1.90 bits per heavy atom. The van der Waals surface area contributed by atoms with Gasteiger partial charge in [0.2, 0.25) is 0 Å². The molecule has 4 nitrogen and oxygen atoms in total. The second-order valence-electron chi connectivity index (χ2n) is 6.07. The fourth-order valence-corrected chi connectivity index (χ4v) is 2.52. The predicted octanol–water partition coefficient (Wildman–Crippen LogP) is 2.94. The van der Waals surface area contributed by atoms with Crippen LogP contribution in [0.2, 0.25) is 0 Å². The quantitative estimate of drug-likeness (QED) is 0.313. The number of rotatable bonds is 7. The van der Waals surface area contributed by atoms with Crippen LogP contribution in [-0.2, 0) is 6.54 Å². The fourth-order valence-electron chi connectivity index (χ4n) is 2.52. The van der Waals surface area contributed by atoms with E-state index in [0.717, 1.165) is 6.54 Å². The van der Waals surface area contributed by atoms with Crippen LogP contribution in [0.15, 0.2) is 23.4 Å². The first-order valence-electron chi connectivity index (χ1n) is 7.33. The van der Waals surface area contributed by atoms with E-state index in [2.05, 4.69) is 38.2 Å². The van der Waals surface area contributed by atoms with Crippen LogP contribution in [0.1, 0.15) is 38.8 Å². The van der Waals surface area contributed by atoms with E-state index in [1.807, 2.05) is 0 Å². The van der Waals surface area contributed by atoms with Crippen molar-refractivity contribution in [1.29, 1.82) is 0 Å². The maximum Gasteiger partial charge on any atom is 0.170 e. The zero-order chi connectivity index (χ0) is 16.0. The molecule has 0 amide bonds. The minimum Gasteiger partial charge on any atom is -0.409 e. The maximum atomic E-state index is 14.0. The van der Waals surface area contributed by atoms with E-state index >= 15 is 0 Å². The van der Waals surface area contributed by atoms with Gasteiger partial charge in [0.15, 0.2) is 5.84 Å². The van der Waals surface area contributed by atoms with Crippen LogP contribution in [0, 0.1) is 23.6 Å². The standard InChI is InChI=1S/C16H26FN3O/c1-10(2)14(11(3)4)9-19-8-13-6-5-12(7-15(13)17)16(18)20-21/h5-7,10-11,14,19,21H,8-9H2,1-4H3,(H2,18,20). The Morgan fingerprint density at radius 1 is 1.29 bits per heavy atom. The van der Waals surface area contributed by atoms with Crippen LogP contribution < -0.4 is 11.1 Å². The van der Waals surface area contributed by atoms with Crippen LogP contribution in [-0.4, -0.2) is 17.6 Å². The number of hydrogen-bond acceptors (Lipinski definition) is 3. The van der Waals surface area contributed by atoms with Crippen molar-refractivity contribution in [2.75, 3.05) is 6.54 Å². The van der Waals surface area contributed by atoms with Gasteiger partial charge in [-0.2, -0.15) is 0 Å². The van der Waals surface area contributed by atoms with Gasteiger partial charge in [0.25, 0.3) is 0 Å². The molecule has 1 aromatic carbocycles. The number of amidine groups is 1. The molecular weight excluding hydrogens is 269 g/mol. The van der Waals surface area contributed by atoms with Crippen molar-refractivity contribution in [2.45, 2.75) is 34.2 Å². The molecule has 0 atom stereocenters. The Hall–Kier alpha value is -1.62. The Bertz CT molecular complexity index is 478. The van der Waals surface area contributed by atoms with Gasteiger partial charge in [0.1, 0.15) is 5.82 Å². The summed E-state index contributed by atoms with van der Waals surface area (Å²) < 4.78 is 14.0. The predicted molar refractivity (Wildman–Crippen MR) is 83.8 cm³/mol. The van der Waals surface area contributed by atoms with E-state index in [0.29, 0.717) is 35.4 Å². The molecule has 0 heterocycles. The van der Waals surface area contributed by atoms with Crippen molar-refractivity contribution < 1.29 is 9.60 Å². The van der Waals surface area contributed by atoms with Crippen LogP contribution in [0.3, 0.4) is 0 Å². The summed E-state index contributed by atoms with van der Waals surface area (Å²) in [6.07, 6.45) is 0. The molecule has 0 aliphatic heterocycles. The lowest BCUT2D eigenvalue weighted by molar-refractivity contribution is 0.275. The maximum absolute atomic E-state index is 14.0. The molecule has 0 fully saturated rings. The van der Waals surface area contributed by atoms with Crippen LogP contribution >= 0.6 is 0 Å². The molecule has 5 heteroatoms. The number of halogens is 1. The zero-order valence-corrected chi connectivity index (χ0v) is 13.2. The van der Waals surface area contributed by atoms with Crippen molar-refractivity contribution in [3.8, 4) is 0 Å². The highest BCUT2D eigenvalue weighted by molar-refractivity contribution is 5.97. The molecule has 21 heavy (non-hydrogen) atoms. The average molecular weight is 295 g/mol. The summed E-state index contributed by atoms with van der Waals surface area (Å²) >= 11 is 0. The number of benzene rings is 1. The summed E-state index contributed by atoms with van der Waals surface area (Å²) in [5.74, 6) is 1.30. The third kappa shape index (κ3) is 5.01. The minimum absolute atomic E-state index is 0.0897. The molecule has 0 aliphatic rings. The summed E-state index contributed by atoms with van der Waals surface area (Å²) in [5, 5.41) is 14.8. The molecule has 4 N–H and O–H groups in total. The van der Waals surface area contributed by atoms with Gasteiger partial charge in [-0.1, -0.05) is 45.0 Å². The molecule has 0 saturated heterocycles. The monoisotopic (exact) mass is 295 g/mol. The molecule has 118 valence electrons. The van der Waals surface area contributed by atoms with Crippen LogP contribution in [0.25, 0.3) is 0 Å². The Balaban J connectivity index is 2.64. The number of hydrogen-bond donors (Lipinski definition) is 3. The Labute approximate surface area is 126 Å². The molecular formula is C16H26FN3O. The van der Waals surface area contributed by atoms with Crippen molar-refractivity contribution in [1.82, 2.24) is 5.32 Å². The molecule has 0 bridgehead atoms. The van der Waals surface area contributed by atoms with Gasteiger partial charge in [-0.15, -0.1) is 0 Å². The second-order valence-corrected chi connectivity index (χ2v) is 6.07. The molecule has 0 aliphatic carbocycles. The van der Waals surface area contributed by atoms with E-state index in [4.69, 9.17) is 10.9 Å². The molecule has 0 spiro atoms. The Kier molecular flexibility index (Phi) is 6.62. The molecule has 0 radical (unpaired) electrons. The molecule has 0 saturated carbocycles. The van der Waals surface area contributed by atoms with Gasteiger partial charge < -0.3 is 16.3 Å². The van der Waals surface area contributed by atoms with Crippen molar-refractivity contribution in [3.05, 3.63) is 35.1 Å². The first-order valence-corrected chi connectivity index (χ1v) is 7.33. The third-order valence-corrected chi connectivity index (χ3v) is 3.86. The summed E-state index contributed by atoms with van der Waals surface area (Å²) in [7, 11) is 0. The lowest BCUT2D eigenvalue weighted by atomic mass is 9.85. The lowest BCUT2D eigenvalue weighted by Gasteiger charge is -2.25. The highest BCUT2D eigenvalue weighted by Crippen LogP contribution is 2.19. The number of nitrogens with one attached hydrogen (secondary N) is 1. The van der Waals surface area contributed by atoms with E-state index in [1.54, 1.807) is 12.1 Å². The van der Waals surface area contributed by atoms with Crippen molar-refractivity contribution in [2.24, 2.45) is 28.6 Å². The SMILES string of the molecule is CC(C)C(CNCc1ccc(/C(N)=N/O)cc1F)C(C)C. The van der Waals surface area contributed by atoms with Gasteiger partial charge in [0, 0.05) is 17.7 Å². The molecule has 0 aromatic heterocycles. The minimum atomic E-state index is -0.350. The smallest absolute Gasteiger partial charge is 0.170 e. The van der Waals surface area contributed by atoms with E-state index in [9.17, 15) is 4.39 Å². The van der Waals surface area contributed by atoms with Gasteiger partial charge in [-0.3, -0.25) is 0 Å². The first-order chi connectivity index (χ1) is 9.86. The van der Waals surface area contributed by atoms with Gasteiger partial charge in [-0.25, -0.2) is 4.39 Å². The second kappa shape index (κ2) is 7.98. The van der Waals surface area contributed by atoms with Crippen molar-refractivity contribution in [3.63, 3.8) is 0 Å². The van der Waals surface area contributed by atoms with E-state index in [-0.39, 0.29) is 11.7 Å². The highest BCUT2D eigenvalue weighted by Gasteiger charge is 2.17. The summed E-state index contributed by atoms with van der Waals surface area (Å²) in [4.78, 5) is 0. The van der Waals surface area contributed by atoms with Gasteiger partial charge in [0.05, 0.1) is 0 Å². The fraction of sp³-hybridized carbons (Fsp3) is 0.562. The summed E-state index contributed by atoms with van der Waals surface area (Å²) in [6, 6.07) is 4.60. The summed E-state index contributed by atoms with van der Waals surface area (Å²) in [5.41, 5.74) is 6.39. The number of nitrogens with two attached hydrogens (primary N) is 1. The summed E-state index contributed by atoms with van der Waals surface area (Å²) in [6.45, 7) is 10.2. The topological polar surface area (TPSA) is 70.6 Å². The zero-order valence-electron chi connectivity index (χ0n) is 13.2. The highest BCUT2D eigenvalue weighted by atomic mass is 19.1. The normalized spacial score (nSPS) is 12.7. The number of nitrogens with zero attached hydrogens (tertiary/aromatic N) is 1. The van der Waals surface area contributed by atoms with Gasteiger partial charge >= 0.3 is 0 Å². The van der Waals surface area contributed by atoms with Crippen LogP contribution in [0.5, 0.6) is 0 Å². The average Bonchev–Trinajstić information content (AvgIpc) is 2.43. The number of oxime groups is 1. The third-order valence-electron chi connectivity index (χ3n) is 3.86. The Morgan fingerprint density at radius 3 is 2.38 bits per heavy atom. The van der Waals surface area contributed by atoms with Crippen molar-refractivity contribution >= 4 is 5.84 Å². The first kappa shape index (κ1) is 17.4. The molecule has 1 aromatic rings. The van der Waals surface area contributed by atoms with E-state index in [1.165, 1.54) is 6.07 Å². The lowest BCUT2D eigenvalue weighted by Crippen LogP contribution is -2.29. The molecule has 0 unspecified atom stereocenters. The van der Waals surface area contributed by atoms with E-state index < -0.39 is 0 Å². The largest absolute Gasteiger partial charge is 0.409 e. The molecule has 1 rings (SSSR count).